The standard InChI is InChI=1S/C30H29F8NO4S/c1-17-11-26(12-17)13-18(14-26)25(40)39-9-8-27(44(41,42)22-5-3-21(31)4-6-22)20(15-39)16-43-24-10-19(2-7-23(24)27)28(32,29(33,34)35)30(36,37)38/h2-7,10,17-18,20H,8-9,11-16H2,1H3. The third kappa shape index (κ3) is 4.36. The largest absolute Gasteiger partial charge is 0.493 e. The van der Waals surface area contributed by atoms with Crippen molar-refractivity contribution in [3.63, 3.8) is 0 Å². The normalized spacial score (nSPS) is 30.5. The van der Waals surface area contributed by atoms with Gasteiger partial charge in [-0.15, -0.1) is 0 Å². The molecule has 2 aromatic rings. The molecule has 0 N–H and O–H groups in total. The number of sulfone groups is 1. The Hall–Kier alpha value is -2.90. The van der Waals surface area contributed by atoms with Crippen LogP contribution in [0.5, 0.6) is 5.75 Å². The summed E-state index contributed by atoms with van der Waals surface area (Å²) in [5.74, 6) is -2.10. The Kier molecular flexibility index (Phi) is 6.93. The first-order valence-electron chi connectivity index (χ1n) is 14.2. The first kappa shape index (κ1) is 31.1. The zero-order valence-corrected chi connectivity index (χ0v) is 24.3. The van der Waals surface area contributed by atoms with Crippen molar-refractivity contribution in [2.24, 2.45) is 23.2 Å². The minimum absolute atomic E-state index is 0.0605. The zero-order valence-electron chi connectivity index (χ0n) is 23.4. The van der Waals surface area contributed by atoms with Crippen LogP contribution >= 0.6 is 0 Å². The number of carbonyl (C=O) groups is 1. The fourth-order valence-corrected chi connectivity index (χ4v) is 10.4. The van der Waals surface area contributed by atoms with Gasteiger partial charge in [0.25, 0.3) is 0 Å². The van der Waals surface area contributed by atoms with Gasteiger partial charge in [-0.05, 0) is 73.8 Å². The zero-order chi connectivity index (χ0) is 32.1. The molecule has 240 valence electrons. The lowest BCUT2D eigenvalue weighted by Gasteiger charge is -2.58. The smallest absolute Gasteiger partial charge is 0.435 e. The Labute approximate surface area is 248 Å². The van der Waals surface area contributed by atoms with Crippen LogP contribution in [0, 0.1) is 29.0 Å². The Morgan fingerprint density at radius 1 is 0.932 bits per heavy atom. The third-order valence-corrected chi connectivity index (χ3v) is 12.7. The molecule has 1 amide bonds. The quantitative estimate of drug-likeness (QED) is 0.268. The van der Waals surface area contributed by atoms with Crippen molar-refractivity contribution in [3.8, 4) is 5.75 Å². The van der Waals surface area contributed by atoms with Gasteiger partial charge in [-0.25, -0.2) is 17.2 Å². The number of benzene rings is 2. The van der Waals surface area contributed by atoms with Crippen molar-refractivity contribution >= 4 is 15.7 Å². The molecule has 4 aliphatic rings. The Bertz CT molecular complexity index is 1560. The molecular formula is C30H29F8NO4S. The highest BCUT2D eigenvalue weighted by molar-refractivity contribution is 7.92. The summed E-state index contributed by atoms with van der Waals surface area (Å²) in [6, 6.07) is 5.12. The molecular weight excluding hydrogens is 622 g/mol. The van der Waals surface area contributed by atoms with Crippen molar-refractivity contribution in [2.45, 2.75) is 66.7 Å². The summed E-state index contributed by atoms with van der Waals surface area (Å²) in [6.45, 7) is 1.51. The second-order valence-corrected chi connectivity index (χ2v) is 15.1. The van der Waals surface area contributed by atoms with Gasteiger partial charge < -0.3 is 9.64 Å². The van der Waals surface area contributed by atoms with Crippen LogP contribution < -0.4 is 4.74 Å². The maximum Gasteiger partial charge on any atom is 0.435 e. The molecule has 1 spiro atoms. The van der Waals surface area contributed by atoms with Crippen LogP contribution in [0.25, 0.3) is 0 Å². The van der Waals surface area contributed by atoms with Gasteiger partial charge in [0, 0.05) is 36.1 Å². The van der Waals surface area contributed by atoms with E-state index >= 15 is 0 Å². The molecule has 2 unspecified atom stereocenters. The van der Waals surface area contributed by atoms with Gasteiger partial charge >= 0.3 is 18.0 Å². The van der Waals surface area contributed by atoms with E-state index in [9.17, 15) is 48.3 Å². The lowest BCUT2D eigenvalue weighted by Crippen LogP contribution is -2.60. The molecule has 0 bridgehead atoms. The van der Waals surface area contributed by atoms with E-state index in [4.69, 9.17) is 4.74 Å². The SMILES string of the molecule is CC1CC2(C1)CC(C(=O)N1CCC3(S(=O)(=O)c4ccc(F)cc4)c4ccc(C(F)(C(F)(F)F)C(F)(F)F)cc4OCC3C1)C2. The maximum absolute atomic E-state index is 14.9. The fraction of sp³-hybridized carbons (Fsp3) is 0.567. The maximum atomic E-state index is 14.9. The molecule has 3 fully saturated rings. The number of rotatable bonds is 4. The number of hydrogen-bond donors (Lipinski definition) is 0. The van der Waals surface area contributed by atoms with Crippen LogP contribution in [-0.4, -0.2) is 51.3 Å². The lowest BCUT2D eigenvalue weighted by atomic mass is 9.48. The van der Waals surface area contributed by atoms with Crippen molar-refractivity contribution < 1.29 is 53.1 Å². The molecule has 2 atom stereocenters. The molecule has 0 radical (unpaired) electrons. The Morgan fingerprint density at radius 2 is 1.55 bits per heavy atom. The highest BCUT2D eigenvalue weighted by Crippen LogP contribution is 2.62. The Morgan fingerprint density at radius 3 is 2.11 bits per heavy atom. The number of halogens is 8. The van der Waals surface area contributed by atoms with E-state index < -0.39 is 62.3 Å². The summed E-state index contributed by atoms with van der Waals surface area (Å²) >= 11 is 0. The van der Waals surface area contributed by atoms with Gasteiger partial charge in [-0.1, -0.05) is 19.1 Å². The van der Waals surface area contributed by atoms with Crippen LogP contribution in [0.4, 0.5) is 35.1 Å². The summed E-state index contributed by atoms with van der Waals surface area (Å²) in [5, 5.41) is 0. The molecule has 6 rings (SSSR count). The summed E-state index contributed by atoms with van der Waals surface area (Å²) in [7, 11) is -4.52. The summed E-state index contributed by atoms with van der Waals surface area (Å²) in [6.07, 6.45) is -9.44. The van der Waals surface area contributed by atoms with Gasteiger partial charge in [0.05, 0.1) is 11.5 Å². The summed E-state index contributed by atoms with van der Waals surface area (Å²) < 4.78 is 142. The molecule has 2 aromatic carbocycles. The first-order valence-corrected chi connectivity index (χ1v) is 15.7. The molecule has 2 saturated carbocycles. The number of carbonyl (C=O) groups excluding carboxylic acids is 1. The van der Waals surface area contributed by atoms with Gasteiger partial charge in [0.2, 0.25) is 5.91 Å². The van der Waals surface area contributed by atoms with Crippen molar-refractivity contribution in [1.29, 1.82) is 0 Å². The van der Waals surface area contributed by atoms with Crippen LogP contribution in [-0.2, 0) is 25.0 Å². The molecule has 2 aliphatic carbocycles. The lowest BCUT2D eigenvalue weighted by molar-refractivity contribution is -0.348. The van der Waals surface area contributed by atoms with Crippen molar-refractivity contribution in [2.75, 3.05) is 19.7 Å². The molecule has 14 heteroatoms. The van der Waals surface area contributed by atoms with Crippen LogP contribution in [0.3, 0.4) is 0 Å². The number of ether oxygens (including phenoxy) is 1. The average Bonchev–Trinajstić information content (AvgIpc) is 2.91. The molecule has 44 heavy (non-hydrogen) atoms. The van der Waals surface area contributed by atoms with Crippen molar-refractivity contribution in [1.82, 2.24) is 4.90 Å². The van der Waals surface area contributed by atoms with Gasteiger partial charge in [-0.2, -0.15) is 26.3 Å². The van der Waals surface area contributed by atoms with E-state index in [-0.39, 0.29) is 59.3 Å². The first-order chi connectivity index (χ1) is 20.3. The molecule has 1 saturated heterocycles. The number of nitrogens with zero attached hydrogens (tertiary/aromatic N) is 1. The Balaban J connectivity index is 1.40. The van der Waals surface area contributed by atoms with E-state index in [0.717, 1.165) is 56.0 Å². The number of fused-ring (bicyclic) bond motifs is 3. The van der Waals surface area contributed by atoms with Gasteiger partial charge in [0.15, 0.2) is 9.84 Å². The van der Waals surface area contributed by atoms with Crippen molar-refractivity contribution in [3.05, 3.63) is 59.4 Å². The summed E-state index contributed by atoms with van der Waals surface area (Å²) in [4.78, 5) is 14.7. The average molecular weight is 652 g/mol. The third-order valence-electron chi connectivity index (χ3n) is 10.1. The van der Waals surface area contributed by atoms with E-state index in [1.165, 1.54) is 0 Å². The minimum atomic E-state index is -6.38. The van der Waals surface area contributed by atoms with E-state index in [1.807, 2.05) is 0 Å². The molecule has 2 heterocycles. The molecule has 2 aliphatic heterocycles. The monoisotopic (exact) mass is 651 g/mol. The van der Waals surface area contributed by atoms with E-state index in [0.29, 0.717) is 5.92 Å². The van der Waals surface area contributed by atoms with Gasteiger partial charge in [-0.3, -0.25) is 4.79 Å². The number of hydrogen-bond acceptors (Lipinski definition) is 4. The topological polar surface area (TPSA) is 63.7 Å². The number of alkyl halides is 7. The minimum Gasteiger partial charge on any atom is -0.493 e. The number of amides is 1. The second-order valence-electron chi connectivity index (χ2n) is 12.9. The number of piperidine rings is 1. The van der Waals surface area contributed by atoms with E-state index in [2.05, 4.69) is 6.92 Å². The van der Waals surface area contributed by atoms with Crippen LogP contribution in [0.15, 0.2) is 47.4 Å². The number of likely N-dealkylation sites (tertiary alicyclic amines) is 1. The predicted molar refractivity (Wildman–Crippen MR) is 140 cm³/mol. The molecule has 0 aromatic heterocycles. The van der Waals surface area contributed by atoms with E-state index in [1.54, 1.807) is 4.90 Å². The predicted octanol–water partition coefficient (Wildman–Crippen LogP) is 6.85. The molecule has 5 nitrogen and oxygen atoms in total. The van der Waals surface area contributed by atoms with Crippen LogP contribution in [0.2, 0.25) is 0 Å². The second kappa shape index (κ2) is 9.80. The van der Waals surface area contributed by atoms with Gasteiger partial charge in [0.1, 0.15) is 16.3 Å². The van der Waals surface area contributed by atoms with Crippen LogP contribution in [0.1, 0.15) is 50.2 Å². The highest BCUT2D eigenvalue weighted by atomic mass is 32.2. The fourth-order valence-electron chi connectivity index (χ4n) is 8.13. The highest BCUT2D eigenvalue weighted by Gasteiger charge is 2.74. The summed E-state index contributed by atoms with van der Waals surface area (Å²) in [5.41, 5.74) is -7.62.